The number of benzene rings is 2. The number of ether oxygens (including phenoxy) is 2. The lowest BCUT2D eigenvalue weighted by Gasteiger charge is -2.35. The van der Waals surface area contributed by atoms with Crippen LogP contribution in [0.5, 0.6) is 5.75 Å². The highest BCUT2D eigenvalue weighted by Crippen LogP contribution is 2.52. The Morgan fingerprint density at radius 1 is 1.09 bits per heavy atom. The van der Waals surface area contributed by atoms with Crippen molar-refractivity contribution in [3.05, 3.63) is 90.0 Å². The van der Waals surface area contributed by atoms with Gasteiger partial charge in [0.1, 0.15) is 5.75 Å². The van der Waals surface area contributed by atoms with E-state index in [1.165, 1.54) is 0 Å². The van der Waals surface area contributed by atoms with Crippen molar-refractivity contribution in [1.82, 2.24) is 4.90 Å². The lowest BCUT2D eigenvalue weighted by atomic mass is 9.65. The maximum absolute atomic E-state index is 14.2. The maximum Gasteiger partial charge on any atom is 0.309 e. The summed E-state index contributed by atoms with van der Waals surface area (Å²) in [5.41, 5.74) is 1.42. The van der Waals surface area contributed by atoms with Crippen LogP contribution >= 0.6 is 0 Å². The standard InChI is InChI=1S/C29H33NO4/c1-4-34-27(31)21(2)26-25(19-22-11-7-5-8-12-22)30(20-23-13-15-24(33-3)16-14-23)28(32)29(26)17-9-6-10-18-29/h5-17,21,25-26H,4,18-20H2,1-3H3/t21-,25-,26-,29-/m0/s1. The van der Waals surface area contributed by atoms with E-state index in [1.54, 1.807) is 7.11 Å². The SMILES string of the molecule is CCOC(=O)[C@@H](C)[C@H]1[C@H](Cc2ccccc2)N(Cc2ccc(OC)cc2)C(=O)[C@]12C=CC=CC2. The summed E-state index contributed by atoms with van der Waals surface area (Å²) in [4.78, 5) is 29.1. The molecule has 0 radical (unpaired) electrons. The van der Waals surface area contributed by atoms with Crippen LogP contribution in [0.2, 0.25) is 0 Å². The van der Waals surface area contributed by atoms with Crippen molar-refractivity contribution in [1.29, 1.82) is 0 Å². The first-order valence-corrected chi connectivity index (χ1v) is 12.0. The molecule has 1 heterocycles. The predicted molar refractivity (Wildman–Crippen MR) is 132 cm³/mol. The molecule has 0 saturated carbocycles. The van der Waals surface area contributed by atoms with E-state index < -0.39 is 11.3 Å². The lowest BCUT2D eigenvalue weighted by Crippen LogP contribution is -2.42. The van der Waals surface area contributed by atoms with Crippen LogP contribution in [0, 0.1) is 17.3 Å². The molecule has 5 heteroatoms. The highest BCUT2D eigenvalue weighted by atomic mass is 16.5. The van der Waals surface area contributed by atoms with Crippen LogP contribution in [-0.4, -0.2) is 36.5 Å². The maximum atomic E-state index is 14.2. The molecule has 4 rings (SSSR count). The minimum Gasteiger partial charge on any atom is -0.497 e. The van der Waals surface area contributed by atoms with Gasteiger partial charge < -0.3 is 14.4 Å². The molecule has 1 spiro atoms. The van der Waals surface area contributed by atoms with Crippen molar-refractivity contribution >= 4 is 11.9 Å². The van der Waals surface area contributed by atoms with E-state index >= 15 is 0 Å². The van der Waals surface area contributed by atoms with E-state index in [-0.39, 0.29) is 23.8 Å². The number of hydrogen-bond acceptors (Lipinski definition) is 4. The van der Waals surface area contributed by atoms with Gasteiger partial charge in [0.15, 0.2) is 0 Å². The molecule has 1 saturated heterocycles. The van der Waals surface area contributed by atoms with E-state index in [0.717, 1.165) is 16.9 Å². The predicted octanol–water partition coefficient (Wildman–Crippen LogP) is 4.97. The van der Waals surface area contributed by atoms with Gasteiger partial charge in [0.05, 0.1) is 25.0 Å². The number of nitrogens with zero attached hydrogens (tertiary/aromatic N) is 1. The first-order chi connectivity index (χ1) is 16.5. The summed E-state index contributed by atoms with van der Waals surface area (Å²) in [5, 5.41) is 0. The fraction of sp³-hybridized carbons (Fsp3) is 0.379. The number of likely N-dealkylation sites (tertiary alicyclic amines) is 1. The largest absolute Gasteiger partial charge is 0.497 e. The summed E-state index contributed by atoms with van der Waals surface area (Å²) < 4.78 is 10.7. The molecule has 2 aromatic rings. The Kier molecular flexibility index (Phi) is 7.20. The number of rotatable bonds is 8. The molecule has 5 nitrogen and oxygen atoms in total. The quantitative estimate of drug-likeness (QED) is 0.523. The van der Waals surface area contributed by atoms with Crippen LogP contribution in [0.3, 0.4) is 0 Å². The van der Waals surface area contributed by atoms with Gasteiger partial charge in [-0.05, 0) is 43.0 Å². The molecular formula is C29H33NO4. The number of esters is 1. The molecule has 0 aromatic heterocycles. The Morgan fingerprint density at radius 2 is 1.82 bits per heavy atom. The zero-order chi connectivity index (χ0) is 24.1. The Morgan fingerprint density at radius 3 is 2.44 bits per heavy atom. The van der Waals surface area contributed by atoms with E-state index in [2.05, 4.69) is 12.1 Å². The van der Waals surface area contributed by atoms with E-state index in [4.69, 9.17) is 9.47 Å². The Balaban J connectivity index is 1.77. The molecule has 2 aromatic carbocycles. The minimum absolute atomic E-state index is 0.0750. The number of methoxy groups -OCH3 is 1. The van der Waals surface area contributed by atoms with Crippen molar-refractivity contribution < 1.29 is 19.1 Å². The van der Waals surface area contributed by atoms with Crippen LogP contribution in [-0.2, 0) is 27.3 Å². The van der Waals surface area contributed by atoms with Gasteiger partial charge in [0.25, 0.3) is 0 Å². The van der Waals surface area contributed by atoms with Crippen LogP contribution in [0.4, 0.5) is 0 Å². The summed E-state index contributed by atoms with van der Waals surface area (Å²) in [5.74, 6) is -0.0192. The third-order valence-corrected chi connectivity index (χ3v) is 7.16. The van der Waals surface area contributed by atoms with Gasteiger partial charge in [-0.1, -0.05) is 73.7 Å². The fourth-order valence-corrected chi connectivity index (χ4v) is 5.55. The Labute approximate surface area is 202 Å². The average Bonchev–Trinajstić information content (AvgIpc) is 3.07. The van der Waals surface area contributed by atoms with Crippen molar-refractivity contribution in [3.8, 4) is 5.75 Å². The molecule has 2 aliphatic rings. The molecular weight excluding hydrogens is 426 g/mol. The van der Waals surface area contributed by atoms with Crippen LogP contribution < -0.4 is 4.74 Å². The Bertz CT molecular complexity index is 1060. The summed E-state index contributed by atoms with van der Waals surface area (Å²) in [6, 6.07) is 17.9. The van der Waals surface area contributed by atoms with Gasteiger partial charge in [0, 0.05) is 18.5 Å². The van der Waals surface area contributed by atoms with Crippen molar-refractivity contribution in [2.24, 2.45) is 17.3 Å². The highest BCUT2D eigenvalue weighted by molar-refractivity contribution is 5.90. The van der Waals surface area contributed by atoms with Crippen molar-refractivity contribution in [2.45, 2.75) is 39.3 Å². The van der Waals surface area contributed by atoms with Gasteiger partial charge in [-0.25, -0.2) is 0 Å². The zero-order valence-corrected chi connectivity index (χ0v) is 20.1. The molecule has 1 amide bonds. The molecule has 1 fully saturated rings. The van der Waals surface area contributed by atoms with Gasteiger partial charge in [-0.15, -0.1) is 0 Å². The average molecular weight is 460 g/mol. The topological polar surface area (TPSA) is 55.8 Å². The van der Waals surface area contributed by atoms with Crippen LogP contribution in [0.1, 0.15) is 31.4 Å². The van der Waals surface area contributed by atoms with Gasteiger partial charge in [-0.2, -0.15) is 0 Å². The highest BCUT2D eigenvalue weighted by Gasteiger charge is 2.60. The van der Waals surface area contributed by atoms with E-state index in [1.807, 2.05) is 85.5 Å². The molecule has 0 N–H and O–H groups in total. The molecule has 0 unspecified atom stereocenters. The van der Waals surface area contributed by atoms with Gasteiger partial charge >= 0.3 is 5.97 Å². The van der Waals surface area contributed by atoms with Gasteiger partial charge in [-0.3, -0.25) is 9.59 Å². The Hall–Kier alpha value is -3.34. The minimum atomic E-state index is -0.757. The zero-order valence-electron chi connectivity index (χ0n) is 20.1. The normalized spacial score (nSPS) is 24.4. The molecule has 1 aliphatic carbocycles. The third kappa shape index (κ3) is 4.52. The van der Waals surface area contributed by atoms with Crippen molar-refractivity contribution in [3.63, 3.8) is 0 Å². The summed E-state index contributed by atoms with van der Waals surface area (Å²) in [7, 11) is 1.64. The number of carbonyl (C=O) groups excluding carboxylic acids is 2. The van der Waals surface area contributed by atoms with Crippen LogP contribution in [0.15, 0.2) is 78.9 Å². The number of amides is 1. The molecule has 34 heavy (non-hydrogen) atoms. The molecule has 1 aliphatic heterocycles. The second kappa shape index (κ2) is 10.3. The van der Waals surface area contributed by atoms with E-state index in [0.29, 0.717) is 26.0 Å². The summed E-state index contributed by atoms with van der Waals surface area (Å²) in [6.45, 7) is 4.54. The van der Waals surface area contributed by atoms with Gasteiger partial charge in [0.2, 0.25) is 5.91 Å². The van der Waals surface area contributed by atoms with E-state index in [9.17, 15) is 9.59 Å². The first-order valence-electron chi connectivity index (χ1n) is 12.0. The summed E-state index contributed by atoms with van der Waals surface area (Å²) >= 11 is 0. The molecule has 178 valence electrons. The number of hydrogen-bond donors (Lipinski definition) is 0. The third-order valence-electron chi connectivity index (χ3n) is 7.16. The summed E-state index contributed by atoms with van der Waals surface area (Å²) in [6.07, 6.45) is 9.24. The second-order valence-corrected chi connectivity index (χ2v) is 9.14. The molecule has 4 atom stereocenters. The molecule has 0 bridgehead atoms. The second-order valence-electron chi connectivity index (χ2n) is 9.14. The first kappa shape index (κ1) is 23.8. The smallest absolute Gasteiger partial charge is 0.309 e. The van der Waals surface area contributed by atoms with Crippen LogP contribution in [0.25, 0.3) is 0 Å². The number of carbonyl (C=O) groups is 2. The fourth-order valence-electron chi connectivity index (χ4n) is 5.55. The number of allylic oxidation sites excluding steroid dienone is 3. The van der Waals surface area contributed by atoms with Crippen molar-refractivity contribution in [2.75, 3.05) is 13.7 Å². The monoisotopic (exact) mass is 459 g/mol. The lowest BCUT2D eigenvalue weighted by molar-refractivity contribution is -0.151.